The van der Waals surface area contributed by atoms with Crippen LogP contribution in [-0.4, -0.2) is 50.1 Å². The van der Waals surface area contributed by atoms with Crippen molar-refractivity contribution in [2.75, 3.05) is 13.2 Å². The first-order valence-electron chi connectivity index (χ1n) is 12.4. The van der Waals surface area contributed by atoms with E-state index in [0.717, 1.165) is 11.1 Å². The lowest BCUT2D eigenvalue weighted by Crippen LogP contribution is -2.44. The van der Waals surface area contributed by atoms with Crippen LogP contribution in [-0.2, 0) is 18.7 Å². The van der Waals surface area contributed by atoms with Crippen LogP contribution in [0, 0.1) is 12.8 Å². The molecule has 0 saturated carbocycles. The largest absolute Gasteiger partial charge is 0.466 e. The van der Waals surface area contributed by atoms with E-state index in [-0.39, 0.29) is 35.4 Å². The molecule has 2 rings (SSSR count). The number of carbonyl (C=O) groups is 2. The summed E-state index contributed by atoms with van der Waals surface area (Å²) in [4.78, 5) is 27.7. The Morgan fingerprint density at radius 2 is 1.65 bits per heavy atom. The number of rotatable bonds is 7. The maximum atomic E-state index is 13.5. The summed E-state index contributed by atoms with van der Waals surface area (Å²) in [6.45, 7) is 21.4. The summed E-state index contributed by atoms with van der Waals surface area (Å²) >= 11 is 0. The van der Waals surface area contributed by atoms with Crippen LogP contribution in [0.5, 0.6) is 0 Å². The SMILES string of the molecule is CCOC(=O)C[C@H]1C[C@H](CO[Si](C)(C)C(C)(C)C)[C@@H](c2ccc(C)cc2)N1C(=O)OC(C)(C)C. The Balaban J connectivity index is 2.46. The van der Waals surface area contributed by atoms with Gasteiger partial charge in [0.1, 0.15) is 5.60 Å². The molecule has 1 aromatic carbocycles. The standard InChI is InChI=1S/C27H45NO5Si/c1-11-31-23(29)17-22-16-21(18-32-34(9,10)27(6,7)8)24(20-14-12-19(2)13-15-20)28(22)25(30)33-26(3,4)5/h12-15,21-22,24H,11,16-18H2,1-10H3/t21-,22-,24-/m1/s1. The molecule has 7 heteroatoms. The highest BCUT2D eigenvalue weighted by molar-refractivity contribution is 6.74. The Bertz CT molecular complexity index is 838. The van der Waals surface area contributed by atoms with E-state index < -0.39 is 20.0 Å². The number of aryl methyl sites for hydroxylation is 1. The third kappa shape index (κ3) is 7.32. The maximum Gasteiger partial charge on any atom is 0.411 e. The molecule has 0 spiro atoms. The van der Waals surface area contributed by atoms with Gasteiger partial charge < -0.3 is 13.9 Å². The van der Waals surface area contributed by atoms with E-state index in [1.807, 2.05) is 27.7 Å². The van der Waals surface area contributed by atoms with Crippen LogP contribution in [0.4, 0.5) is 4.79 Å². The first-order chi connectivity index (χ1) is 15.6. The summed E-state index contributed by atoms with van der Waals surface area (Å²) in [7, 11) is -1.99. The zero-order valence-electron chi connectivity index (χ0n) is 22.9. The predicted octanol–water partition coefficient (Wildman–Crippen LogP) is 6.64. The number of hydrogen-bond acceptors (Lipinski definition) is 5. The average Bonchev–Trinajstić information content (AvgIpc) is 3.03. The van der Waals surface area contributed by atoms with Crippen LogP contribution in [0.25, 0.3) is 0 Å². The molecule has 0 aromatic heterocycles. The first-order valence-corrected chi connectivity index (χ1v) is 15.3. The summed E-state index contributed by atoms with van der Waals surface area (Å²) in [5, 5.41) is 0.0835. The third-order valence-electron chi connectivity index (χ3n) is 6.91. The van der Waals surface area contributed by atoms with Crippen LogP contribution in [0.15, 0.2) is 24.3 Å². The average molecular weight is 492 g/mol. The summed E-state index contributed by atoms with van der Waals surface area (Å²) < 4.78 is 17.7. The molecule has 1 amide bonds. The number of carbonyl (C=O) groups excluding carboxylic acids is 2. The molecule has 0 bridgehead atoms. The van der Waals surface area contributed by atoms with Gasteiger partial charge in [-0.25, -0.2) is 4.79 Å². The lowest BCUT2D eigenvalue weighted by atomic mass is 9.93. The lowest BCUT2D eigenvalue weighted by molar-refractivity contribution is -0.144. The van der Waals surface area contributed by atoms with Crippen LogP contribution in [0.3, 0.4) is 0 Å². The van der Waals surface area contributed by atoms with Crippen molar-refractivity contribution in [1.82, 2.24) is 4.90 Å². The number of nitrogens with zero attached hydrogens (tertiary/aromatic N) is 1. The molecule has 0 radical (unpaired) electrons. The van der Waals surface area contributed by atoms with Gasteiger partial charge in [-0.05, 0) is 64.7 Å². The van der Waals surface area contributed by atoms with E-state index in [4.69, 9.17) is 13.9 Å². The van der Waals surface area contributed by atoms with E-state index >= 15 is 0 Å². The predicted molar refractivity (Wildman–Crippen MR) is 138 cm³/mol. The molecular formula is C27H45NO5Si. The second-order valence-corrected chi connectivity index (χ2v) is 16.8. The molecular weight excluding hydrogens is 446 g/mol. The molecule has 1 aliphatic heterocycles. The van der Waals surface area contributed by atoms with Crippen molar-refractivity contribution in [3.05, 3.63) is 35.4 Å². The Morgan fingerprint density at radius 3 is 2.15 bits per heavy atom. The van der Waals surface area contributed by atoms with Crippen LogP contribution in [0.1, 0.15) is 78.5 Å². The molecule has 0 unspecified atom stereocenters. The van der Waals surface area contributed by atoms with Gasteiger partial charge in [-0.2, -0.15) is 0 Å². The smallest absolute Gasteiger partial charge is 0.411 e. The Morgan fingerprint density at radius 1 is 1.06 bits per heavy atom. The number of hydrogen-bond donors (Lipinski definition) is 0. The highest BCUT2D eigenvalue weighted by atomic mass is 28.4. The molecule has 0 aliphatic carbocycles. The zero-order valence-corrected chi connectivity index (χ0v) is 23.9. The Hall–Kier alpha value is -1.86. The Kier molecular flexibility index (Phi) is 9.03. The Labute approximate surface area is 207 Å². The van der Waals surface area contributed by atoms with E-state index in [9.17, 15) is 9.59 Å². The van der Waals surface area contributed by atoms with Crippen molar-refractivity contribution in [1.29, 1.82) is 0 Å². The molecule has 192 valence electrons. The minimum atomic E-state index is -1.99. The number of ether oxygens (including phenoxy) is 2. The van der Waals surface area contributed by atoms with Gasteiger partial charge in [-0.3, -0.25) is 9.69 Å². The summed E-state index contributed by atoms with van der Waals surface area (Å²) in [5.41, 5.74) is 1.55. The highest BCUT2D eigenvalue weighted by Crippen LogP contribution is 2.45. The third-order valence-corrected chi connectivity index (χ3v) is 11.4. The van der Waals surface area contributed by atoms with Crippen LogP contribution < -0.4 is 0 Å². The molecule has 1 fully saturated rings. The quantitative estimate of drug-likeness (QED) is 0.316. The van der Waals surface area contributed by atoms with Crippen molar-refractivity contribution >= 4 is 20.4 Å². The fourth-order valence-electron chi connectivity index (χ4n) is 4.10. The molecule has 0 N–H and O–H groups in total. The van der Waals surface area contributed by atoms with Gasteiger partial charge in [0, 0.05) is 18.6 Å². The summed E-state index contributed by atoms with van der Waals surface area (Å²) in [5.74, 6) is -0.251. The van der Waals surface area contributed by atoms with Gasteiger partial charge in [-0.15, -0.1) is 0 Å². The lowest BCUT2D eigenvalue weighted by Gasteiger charge is -2.38. The van der Waals surface area contributed by atoms with Crippen LogP contribution >= 0.6 is 0 Å². The van der Waals surface area contributed by atoms with Gasteiger partial charge in [0.25, 0.3) is 0 Å². The molecule has 34 heavy (non-hydrogen) atoms. The fourth-order valence-corrected chi connectivity index (χ4v) is 5.17. The normalized spacial score (nSPS) is 21.5. The van der Waals surface area contributed by atoms with Gasteiger partial charge in [0.15, 0.2) is 8.32 Å². The molecule has 1 aliphatic rings. The maximum absolute atomic E-state index is 13.5. The van der Waals surface area contributed by atoms with Crippen LogP contribution in [0.2, 0.25) is 18.1 Å². The van der Waals surface area contributed by atoms with Crippen molar-refractivity contribution < 1.29 is 23.5 Å². The highest BCUT2D eigenvalue weighted by Gasteiger charge is 2.48. The van der Waals surface area contributed by atoms with Gasteiger partial charge >= 0.3 is 12.1 Å². The van der Waals surface area contributed by atoms with Crippen molar-refractivity contribution in [3.63, 3.8) is 0 Å². The van der Waals surface area contributed by atoms with Crippen molar-refractivity contribution in [2.45, 2.75) is 104 Å². The number of amides is 1. The van der Waals surface area contributed by atoms with Gasteiger partial charge in [-0.1, -0.05) is 50.6 Å². The van der Waals surface area contributed by atoms with E-state index in [0.29, 0.717) is 19.6 Å². The van der Waals surface area contributed by atoms with Gasteiger partial charge in [0.05, 0.1) is 19.1 Å². The zero-order chi connectivity index (χ0) is 25.9. The molecule has 6 nitrogen and oxygen atoms in total. The van der Waals surface area contributed by atoms with E-state index in [1.54, 1.807) is 11.8 Å². The van der Waals surface area contributed by atoms with Gasteiger partial charge in [0.2, 0.25) is 0 Å². The molecule has 1 aromatic rings. The monoisotopic (exact) mass is 491 g/mol. The number of esters is 1. The molecule has 1 heterocycles. The number of likely N-dealkylation sites (tertiary alicyclic amines) is 1. The van der Waals surface area contributed by atoms with Crippen molar-refractivity contribution in [3.8, 4) is 0 Å². The second kappa shape index (κ2) is 10.8. The molecule has 3 atom stereocenters. The minimum Gasteiger partial charge on any atom is -0.466 e. The van der Waals surface area contributed by atoms with E-state index in [2.05, 4.69) is 58.1 Å². The first kappa shape index (κ1) is 28.4. The minimum absolute atomic E-state index is 0.0452. The summed E-state index contributed by atoms with van der Waals surface area (Å²) in [6.07, 6.45) is 0.402. The number of benzene rings is 1. The topological polar surface area (TPSA) is 65.1 Å². The van der Waals surface area contributed by atoms with E-state index in [1.165, 1.54) is 0 Å². The second-order valence-electron chi connectivity index (χ2n) is 12.0. The van der Waals surface area contributed by atoms with Crippen molar-refractivity contribution in [2.24, 2.45) is 5.92 Å². The fraction of sp³-hybridized carbons (Fsp3) is 0.704. The summed E-state index contributed by atoms with van der Waals surface area (Å²) in [6, 6.07) is 7.72. The molecule has 1 saturated heterocycles.